The van der Waals surface area contributed by atoms with E-state index in [9.17, 15) is 4.79 Å². The lowest BCUT2D eigenvalue weighted by atomic mass is 10.1. The summed E-state index contributed by atoms with van der Waals surface area (Å²) in [5, 5.41) is 2.22. The van der Waals surface area contributed by atoms with Crippen molar-refractivity contribution in [2.45, 2.75) is 20.0 Å². The summed E-state index contributed by atoms with van der Waals surface area (Å²) >= 11 is 3.52. The van der Waals surface area contributed by atoms with Crippen LogP contribution in [0.1, 0.15) is 13.8 Å². The quantitative estimate of drug-likeness (QED) is 0.856. The van der Waals surface area contributed by atoms with E-state index in [1.807, 2.05) is 36.4 Å². The number of rotatable bonds is 3. The van der Waals surface area contributed by atoms with E-state index in [4.69, 9.17) is 4.74 Å². The van der Waals surface area contributed by atoms with Crippen LogP contribution < -0.4 is 4.74 Å². The van der Waals surface area contributed by atoms with E-state index in [2.05, 4.69) is 15.9 Å². The number of carbonyl (C=O) groups is 1. The zero-order chi connectivity index (χ0) is 12.4. The molecule has 0 unspecified atom stereocenters. The average molecular weight is 293 g/mol. The predicted octanol–water partition coefficient (Wildman–Crippen LogP) is 3.96. The maximum atomic E-state index is 11.2. The van der Waals surface area contributed by atoms with Crippen molar-refractivity contribution in [3.8, 4) is 5.75 Å². The standard InChI is InChI=1S/C14H13BrO2/c1-9(16)10(2)17-13-8-7-11-5-3-4-6-12(11)14(13)15/h3-8,10H,1-2H3/t10-/m0/s1. The summed E-state index contributed by atoms with van der Waals surface area (Å²) in [6.07, 6.45) is -0.424. The van der Waals surface area contributed by atoms with Gasteiger partial charge in [0.15, 0.2) is 11.9 Å². The Morgan fingerprint density at radius 3 is 2.65 bits per heavy atom. The van der Waals surface area contributed by atoms with Crippen LogP contribution in [0, 0.1) is 0 Å². The van der Waals surface area contributed by atoms with E-state index in [-0.39, 0.29) is 5.78 Å². The summed E-state index contributed by atoms with van der Waals surface area (Å²) in [6.45, 7) is 3.28. The topological polar surface area (TPSA) is 26.3 Å². The fraction of sp³-hybridized carbons (Fsp3) is 0.214. The fourth-order valence-electron chi connectivity index (χ4n) is 1.58. The summed E-state index contributed by atoms with van der Waals surface area (Å²) in [6, 6.07) is 11.9. The number of Topliss-reactive ketones (excluding diaryl/α,β-unsaturated/α-hetero) is 1. The molecule has 0 spiro atoms. The van der Waals surface area contributed by atoms with E-state index in [0.29, 0.717) is 5.75 Å². The van der Waals surface area contributed by atoms with E-state index in [1.165, 1.54) is 6.92 Å². The highest BCUT2D eigenvalue weighted by atomic mass is 79.9. The van der Waals surface area contributed by atoms with Gasteiger partial charge in [-0.15, -0.1) is 0 Å². The molecule has 0 saturated heterocycles. The number of benzene rings is 2. The van der Waals surface area contributed by atoms with Crippen LogP contribution in [-0.2, 0) is 4.79 Å². The molecule has 0 aliphatic carbocycles. The molecule has 0 N–H and O–H groups in total. The van der Waals surface area contributed by atoms with Gasteiger partial charge in [-0.25, -0.2) is 0 Å². The Morgan fingerprint density at radius 2 is 1.94 bits per heavy atom. The van der Waals surface area contributed by atoms with Gasteiger partial charge >= 0.3 is 0 Å². The molecule has 2 nitrogen and oxygen atoms in total. The molecular formula is C14H13BrO2. The zero-order valence-corrected chi connectivity index (χ0v) is 11.3. The van der Waals surface area contributed by atoms with Gasteiger partial charge in [0.05, 0.1) is 4.47 Å². The lowest BCUT2D eigenvalue weighted by molar-refractivity contribution is -0.122. The maximum absolute atomic E-state index is 11.2. The third-order valence-corrected chi connectivity index (χ3v) is 3.52. The van der Waals surface area contributed by atoms with E-state index < -0.39 is 6.10 Å². The third-order valence-electron chi connectivity index (χ3n) is 2.70. The van der Waals surface area contributed by atoms with Gasteiger partial charge < -0.3 is 4.74 Å². The van der Waals surface area contributed by atoms with Crippen molar-refractivity contribution in [3.05, 3.63) is 40.9 Å². The molecule has 17 heavy (non-hydrogen) atoms. The van der Waals surface area contributed by atoms with Gasteiger partial charge in [0.25, 0.3) is 0 Å². The maximum Gasteiger partial charge on any atom is 0.169 e. The first-order chi connectivity index (χ1) is 8.09. The lowest BCUT2D eigenvalue weighted by Gasteiger charge is -2.14. The van der Waals surface area contributed by atoms with Gasteiger partial charge in [0.2, 0.25) is 0 Å². The van der Waals surface area contributed by atoms with Gasteiger partial charge in [-0.2, -0.15) is 0 Å². The van der Waals surface area contributed by atoms with Gasteiger partial charge in [0.1, 0.15) is 5.75 Å². The van der Waals surface area contributed by atoms with Gasteiger partial charge in [0, 0.05) is 0 Å². The first-order valence-electron chi connectivity index (χ1n) is 5.44. The minimum absolute atomic E-state index is 0.0186. The van der Waals surface area contributed by atoms with Gasteiger partial charge in [-0.3, -0.25) is 4.79 Å². The second kappa shape index (κ2) is 4.88. The Bertz CT molecular complexity index is 563. The summed E-state index contributed by atoms with van der Waals surface area (Å²) in [5.74, 6) is 0.719. The molecule has 0 heterocycles. The summed E-state index contributed by atoms with van der Waals surface area (Å²) in [7, 11) is 0. The number of hydrogen-bond donors (Lipinski definition) is 0. The number of fused-ring (bicyclic) bond motifs is 1. The summed E-state index contributed by atoms with van der Waals surface area (Å²) in [4.78, 5) is 11.2. The van der Waals surface area contributed by atoms with Crippen molar-refractivity contribution < 1.29 is 9.53 Å². The molecule has 0 aliphatic heterocycles. The second-order valence-electron chi connectivity index (χ2n) is 3.97. The van der Waals surface area contributed by atoms with Crippen molar-refractivity contribution >= 4 is 32.5 Å². The predicted molar refractivity (Wildman–Crippen MR) is 72.4 cm³/mol. The molecular weight excluding hydrogens is 280 g/mol. The number of carbonyl (C=O) groups excluding carboxylic acids is 1. The van der Waals surface area contributed by atoms with Crippen LogP contribution in [0.4, 0.5) is 0 Å². The van der Waals surface area contributed by atoms with Crippen molar-refractivity contribution in [1.82, 2.24) is 0 Å². The highest BCUT2D eigenvalue weighted by Gasteiger charge is 2.12. The van der Waals surface area contributed by atoms with E-state index in [0.717, 1.165) is 15.2 Å². The lowest BCUT2D eigenvalue weighted by Crippen LogP contribution is -2.20. The SMILES string of the molecule is CC(=O)[C@H](C)Oc1ccc2ccccc2c1Br. The van der Waals surface area contributed by atoms with Crippen LogP contribution >= 0.6 is 15.9 Å². The second-order valence-corrected chi connectivity index (χ2v) is 4.76. The molecule has 2 aromatic rings. The summed E-state index contributed by atoms with van der Waals surface area (Å²) in [5.41, 5.74) is 0. The van der Waals surface area contributed by atoms with Gasteiger partial charge in [-0.1, -0.05) is 30.3 Å². The van der Waals surface area contributed by atoms with Crippen LogP contribution in [0.2, 0.25) is 0 Å². The van der Waals surface area contributed by atoms with Crippen LogP contribution in [0.5, 0.6) is 5.75 Å². The molecule has 1 atom stereocenters. The monoisotopic (exact) mass is 292 g/mol. The van der Waals surface area contributed by atoms with E-state index in [1.54, 1.807) is 6.92 Å². The van der Waals surface area contributed by atoms with E-state index >= 15 is 0 Å². The summed E-state index contributed by atoms with van der Waals surface area (Å²) < 4.78 is 6.51. The Labute approximate surface area is 109 Å². The number of ether oxygens (including phenoxy) is 1. The molecule has 3 heteroatoms. The molecule has 2 rings (SSSR count). The largest absolute Gasteiger partial charge is 0.482 e. The molecule has 88 valence electrons. The Kier molecular flexibility index (Phi) is 3.48. The highest BCUT2D eigenvalue weighted by Crippen LogP contribution is 2.33. The average Bonchev–Trinajstić information content (AvgIpc) is 2.33. The fourth-order valence-corrected chi connectivity index (χ4v) is 2.16. The minimum Gasteiger partial charge on any atom is -0.482 e. The Morgan fingerprint density at radius 1 is 1.24 bits per heavy atom. The molecule has 0 amide bonds. The normalized spacial score (nSPS) is 12.4. The van der Waals surface area contributed by atoms with Crippen LogP contribution in [0.15, 0.2) is 40.9 Å². The van der Waals surface area contributed by atoms with Crippen molar-refractivity contribution in [2.75, 3.05) is 0 Å². The van der Waals surface area contributed by atoms with Gasteiger partial charge in [-0.05, 0) is 46.6 Å². The first kappa shape index (κ1) is 12.1. The number of hydrogen-bond acceptors (Lipinski definition) is 2. The molecule has 0 bridgehead atoms. The van der Waals surface area contributed by atoms with Crippen molar-refractivity contribution in [2.24, 2.45) is 0 Å². The highest BCUT2D eigenvalue weighted by molar-refractivity contribution is 9.10. The van der Waals surface area contributed by atoms with Crippen molar-refractivity contribution in [1.29, 1.82) is 0 Å². The molecule has 0 saturated carbocycles. The van der Waals surface area contributed by atoms with Crippen LogP contribution in [0.25, 0.3) is 10.8 Å². The molecule has 0 aromatic heterocycles. The number of ketones is 1. The number of halogens is 1. The van der Waals surface area contributed by atoms with Crippen molar-refractivity contribution in [3.63, 3.8) is 0 Å². The molecule has 0 radical (unpaired) electrons. The molecule has 2 aromatic carbocycles. The first-order valence-corrected chi connectivity index (χ1v) is 6.23. The minimum atomic E-state index is -0.424. The van der Waals surface area contributed by atoms with Crippen LogP contribution in [0.3, 0.4) is 0 Å². The van der Waals surface area contributed by atoms with Crippen LogP contribution in [-0.4, -0.2) is 11.9 Å². The third kappa shape index (κ3) is 2.50. The Balaban J connectivity index is 2.42. The molecule has 0 fully saturated rings. The smallest absolute Gasteiger partial charge is 0.169 e. The molecule has 0 aliphatic rings. The Hall–Kier alpha value is -1.35. The zero-order valence-electron chi connectivity index (χ0n) is 9.74.